The number of amides is 1. The van der Waals surface area contributed by atoms with Gasteiger partial charge in [-0.1, -0.05) is 15.9 Å². The summed E-state index contributed by atoms with van der Waals surface area (Å²) in [5.41, 5.74) is 0.625. The Hall–Kier alpha value is -0.430. The molecule has 98 valence electrons. The standard InChI is InChI=1S/C12H14Br2N2O2/c1-18-11-6-15-5-10(11)16-12(17)8-3-2-7(13)4-9(8)14/h2-4,10-11,15H,5-6H2,1H3,(H,16,17)/t10?,11-/m0/s1. The molecular formula is C12H14Br2N2O2. The smallest absolute Gasteiger partial charge is 0.252 e. The van der Waals surface area contributed by atoms with E-state index in [9.17, 15) is 4.79 Å². The van der Waals surface area contributed by atoms with Crippen molar-refractivity contribution < 1.29 is 9.53 Å². The van der Waals surface area contributed by atoms with Crippen LogP contribution >= 0.6 is 31.9 Å². The first-order valence-corrected chi connectivity index (χ1v) is 7.20. The van der Waals surface area contributed by atoms with Gasteiger partial charge in [0, 0.05) is 29.1 Å². The molecule has 1 aliphatic heterocycles. The number of hydrogen-bond acceptors (Lipinski definition) is 3. The SMILES string of the molecule is CO[C@H]1CNCC1NC(=O)c1ccc(Br)cc1Br. The zero-order valence-electron chi connectivity index (χ0n) is 9.87. The Labute approximate surface area is 123 Å². The topological polar surface area (TPSA) is 50.4 Å². The Balaban J connectivity index is 2.07. The van der Waals surface area contributed by atoms with Gasteiger partial charge in [0.15, 0.2) is 0 Å². The molecule has 0 radical (unpaired) electrons. The van der Waals surface area contributed by atoms with Crippen molar-refractivity contribution in [3.05, 3.63) is 32.7 Å². The van der Waals surface area contributed by atoms with Crippen molar-refractivity contribution in [1.82, 2.24) is 10.6 Å². The molecule has 6 heteroatoms. The van der Waals surface area contributed by atoms with Crippen LogP contribution < -0.4 is 10.6 Å². The van der Waals surface area contributed by atoms with Crippen molar-refractivity contribution >= 4 is 37.8 Å². The third kappa shape index (κ3) is 3.12. The highest BCUT2D eigenvalue weighted by molar-refractivity contribution is 9.11. The van der Waals surface area contributed by atoms with Gasteiger partial charge in [-0.25, -0.2) is 0 Å². The number of carbonyl (C=O) groups is 1. The summed E-state index contributed by atoms with van der Waals surface area (Å²) in [6.07, 6.45) is 0.0307. The van der Waals surface area contributed by atoms with Crippen LogP contribution in [-0.2, 0) is 4.74 Å². The molecule has 0 spiro atoms. The first-order chi connectivity index (χ1) is 8.61. The van der Waals surface area contributed by atoms with E-state index < -0.39 is 0 Å². The molecule has 2 N–H and O–H groups in total. The van der Waals surface area contributed by atoms with E-state index >= 15 is 0 Å². The number of carbonyl (C=O) groups excluding carboxylic acids is 1. The van der Waals surface area contributed by atoms with E-state index in [1.165, 1.54) is 0 Å². The Morgan fingerprint density at radius 1 is 1.44 bits per heavy atom. The molecule has 1 aliphatic rings. The van der Waals surface area contributed by atoms with Crippen molar-refractivity contribution in [2.45, 2.75) is 12.1 Å². The molecule has 1 aromatic rings. The second-order valence-electron chi connectivity index (χ2n) is 4.14. The van der Waals surface area contributed by atoms with Crippen LogP contribution in [0.3, 0.4) is 0 Å². The summed E-state index contributed by atoms with van der Waals surface area (Å²) in [5.74, 6) is -0.0925. The summed E-state index contributed by atoms with van der Waals surface area (Å²) in [7, 11) is 1.66. The van der Waals surface area contributed by atoms with E-state index in [2.05, 4.69) is 42.5 Å². The molecule has 4 nitrogen and oxygen atoms in total. The summed E-state index contributed by atoms with van der Waals surface area (Å²) in [4.78, 5) is 12.2. The Bertz CT molecular complexity index is 454. The summed E-state index contributed by atoms with van der Waals surface area (Å²) in [6, 6.07) is 5.50. The van der Waals surface area contributed by atoms with E-state index in [0.29, 0.717) is 5.56 Å². The first kappa shape index (κ1) is 14.0. The highest BCUT2D eigenvalue weighted by Crippen LogP contribution is 2.22. The van der Waals surface area contributed by atoms with Gasteiger partial charge < -0.3 is 15.4 Å². The van der Waals surface area contributed by atoms with Crippen LogP contribution in [0.2, 0.25) is 0 Å². The Morgan fingerprint density at radius 2 is 2.22 bits per heavy atom. The predicted molar refractivity (Wildman–Crippen MR) is 76.8 cm³/mol. The fraction of sp³-hybridized carbons (Fsp3) is 0.417. The number of rotatable bonds is 3. The lowest BCUT2D eigenvalue weighted by Gasteiger charge is -2.19. The molecule has 2 rings (SSSR count). The minimum absolute atomic E-state index is 0.0121. The highest BCUT2D eigenvalue weighted by atomic mass is 79.9. The molecule has 0 aromatic heterocycles. The van der Waals surface area contributed by atoms with Gasteiger partial charge in [0.1, 0.15) is 0 Å². The number of hydrogen-bond donors (Lipinski definition) is 2. The molecular weight excluding hydrogens is 364 g/mol. The quantitative estimate of drug-likeness (QED) is 0.846. The Kier molecular flexibility index (Phi) is 4.77. The van der Waals surface area contributed by atoms with E-state index in [4.69, 9.17) is 4.74 Å². The number of methoxy groups -OCH3 is 1. The second kappa shape index (κ2) is 6.14. The van der Waals surface area contributed by atoms with Gasteiger partial charge in [-0.3, -0.25) is 4.79 Å². The average Bonchev–Trinajstić information content (AvgIpc) is 2.76. The van der Waals surface area contributed by atoms with E-state index in [1.54, 1.807) is 13.2 Å². The number of nitrogens with one attached hydrogen (secondary N) is 2. The average molecular weight is 378 g/mol. The molecule has 18 heavy (non-hydrogen) atoms. The van der Waals surface area contributed by atoms with Gasteiger partial charge in [0.2, 0.25) is 0 Å². The first-order valence-electron chi connectivity index (χ1n) is 5.61. The maximum Gasteiger partial charge on any atom is 0.252 e. The lowest BCUT2D eigenvalue weighted by molar-refractivity contribution is 0.0779. The summed E-state index contributed by atoms with van der Waals surface area (Å²) >= 11 is 6.75. The number of ether oxygens (including phenoxy) is 1. The van der Waals surface area contributed by atoms with Crippen LogP contribution in [0.4, 0.5) is 0 Å². The van der Waals surface area contributed by atoms with Gasteiger partial charge in [-0.05, 0) is 34.1 Å². The zero-order valence-corrected chi connectivity index (χ0v) is 13.0. The summed E-state index contributed by atoms with van der Waals surface area (Å²) in [6.45, 7) is 1.50. The monoisotopic (exact) mass is 376 g/mol. The highest BCUT2D eigenvalue weighted by Gasteiger charge is 2.28. The van der Waals surface area contributed by atoms with E-state index in [-0.39, 0.29) is 18.1 Å². The van der Waals surface area contributed by atoms with E-state index in [0.717, 1.165) is 22.0 Å². The maximum absolute atomic E-state index is 12.2. The van der Waals surface area contributed by atoms with Crippen molar-refractivity contribution in [2.75, 3.05) is 20.2 Å². The van der Waals surface area contributed by atoms with Crippen LogP contribution in [0.5, 0.6) is 0 Å². The van der Waals surface area contributed by atoms with Gasteiger partial charge in [0.05, 0.1) is 17.7 Å². The van der Waals surface area contributed by atoms with Crippen LogP contribution in [0.15, 0.2) is 27.1 Å². The van der Waals surface area contributed by atoms with Gasteiger partial charge >= 0.3 is 0 Å². The third-order valence-corrected chi connectivity index (χ3v) is 4.10. The number of benzene rings is 1. The lowest BCUT2D eigenvalue weighted by Crippen LogP contribution is -2.43. The molecule has 2 atom stereocenters. The summed E-state index contributed by atoms with van der Waals surface area (Å²) in [5, 5.41) is 6.18. The molecule has 0 aliphatic carbocycles. The molecule has 0 bridgehead atoms. The van der Waals surface area contributed by atoms with Crippen LogP contribution in [-0.4, -0.2) is 38.3 Å². The molecule has 1 saturated heterocycles. The zero-order chi connectivity index (χ0) is 13.1. The van der Waals surface area contributed by atoms with E-state index in [1.807, 2.05) is 12.1 Å². The van der Waals surface area contributed by atoms with Crippen molar-refractivity contribution in [3.8, 4) is 0 Å². The van der Waals surface area contributed by atoms with Crippen LogP contribution in [0.1, 0.15) is 10.4 Å². The maximum atomic E-state index is 12.2. The molecule has 1 amide bonds. The molecule has 1 heterocycles. The third-order valence-electron chi connectivity index (χ3n) is 2.95. The second-order valence-corrected chi connectivity index (χ2v) is 5.91. The van der Waals surface area contributed by atoms with Crippen LogP contribution in [0.25, 0.3) is 0 Å². The van der Waals surface area contributed by atoms with Crippen molar-refractivity contribution in [3.63, 3.8) is 0 Å². The minimum Gasteiger partial charge on any atom is -0.378 e. The predicted octanol–water partition coefficient (Wildman–Crippen LogP) is 1.93. The summed E-state index contributed by atoms with van der Waals surface area (Å²) < 4.78 is 7.02. The van der Waals surface area contributed by atoms with Crippen LogP contribution in [0, 0.1) is 0 Å². The molecule has 0 saturated carbocycles. The van der Waals surface area contributed by atoms with Gasteiger partial charge in [-0.2, -0.15) is 0 Å². The minimum atomic E-state index is -0.0925. The molecule has 1 aromatic carbocycles. The van der Waals surface area contributed by atoms with Crippen molar-refractivity contribution in [2.24, 2.45) is 0 Å². The largest absolute Gasteiger partial charge is 0.378 e. The normalized spacial score (nSPS) is 23.1. The van der Waals surface area contributed by atoms with Crippen molar-refractivity contribution in [1.29, 1.82) is 0 Å². The molecule has 1 fully saturated rings. The number of halogens is 2. The molecule has 1 unspecified atom stereocenters. The fourth-order valence-electron chi connectivity index (χ4n) is 1.97. The fourth-order valence-corrected chi connectivity index (χ4v) is 3.19. The van der Waals surface area contributed by atoms with Gasteiger partial charge in [-0.15, -0.1) is 0 Å². The van der Waals surface area contributed by atoms with Gasteiger partial charge in [0.25, 0.3) is 5.91 Å². The Morgan fingerprint density at radius 3 is 2.89 bits per heavy atom. The lowest BCUT2D eigenvalue weighted by atomic mass is 10.1.